The van der Waals surface area contributed by atoms with E-state index >= 15 is 0 Å². The minimum absolute atomic E-state index is 0.117. The summed E-state index contributed by atoms with van der Waals surface area (Å²) in [7, 11) is 0. The molecule has 2 aromatic rings. The topological polar surface area (TPSA) is 25.0 Å². The standard InChI is InChI=1S/C19H20FNO2/c20-17-12-16(22-13-15-4-2-1-3-5-15)6-7-18(17)21-10-8-19(9-11-21)14-23-19/h1-7,12H,8-11,13-14H2. The van der Waals surface area contributed by atoms with Crippen LogP contribution in [0.15, 0.2) is 48.5 Å². The summed E-state index contributed by atoms with van der Waals surface area (Å²) in [5.41, 5.74) is 1.85. The van der Waals surface area contributed by atoms with E-state index in [1.165, 1.54) is 6.07 Å². The Morgan fingerprint density at radius 1 is 1.09 bits per heavy atom. The summed E-state index contributed by atoms with van der Waals surface area (Å²) < 4.78 is 25.6. The molecule has 2 aliphatic rings. The SMILES string of the molecule is Fc1cc(OCc2ccccc2)ccc1N1CCC2(CC1)CO2. The minimum Gasteiger partial charge on any atom is -0.489 e. The molecule has 4 heteroatoms. The van der Waals surface area contributed by atoms with Crippen molar-refractivity contribution in [2.24, 2.45) is 0 Å². The van der Waals surface area contributed by atoms with Crippen LogP contribution in [0.1, 0.15) is 18.4 Å². The Bertz CT molecular complexity index is 675. The summed E-state index contributed by atoms with van der Waals surface area (Å²) in [6.07, 6.45) is 1.97. The third kappa shape index (κ3) is 3.17. The zero-order valence-corrected chi connectivity index (χ0v) is 13.0. The molecule has 2 saturated heterocycles. The van der Waals surface area contributed by atoms with Gasteiger partial charge in [0.05, 0.1) is 17.9 Å². The second-order valence-corrected chi connectivity index (χ2v) is 6.35. The van der Waals surface area contributed by atoms with Gasteiger partial charge >= 0.3 is 0 Å². The maximum Gasteiger partial charge on any atom is 0.150 e. The van der Waals surface area contributed by atoms with E-state index in [0.29, 0.717) is 18.0 Å². The van der Waals surface area contributed by atoms with E-state index in [2.05, 4.69) is 4.90 Å². The van der Waals surface area contributed by atoms with Crippen LogP contribution < -0.4 is 9.64 Å². The molecular weight excluding hydrogens is 293 g/mol. The maximum absolute atomic E-state index is 14.4. The number of epoxide rings is 1. The number of halogens is 1. The van der Waals surface area contributed by atoms with Gasteiger partial charge in [-0.1, -0.05) is 30.3 Å². The van der Waals surface area contributed by atoms with Gasteiger partial charge in [-0.15, -0.1) is 0 Å². The quantitative estimate of drug-likeness (QED) is 0.803. The van der Waals surface area contributed by atoms with Gasteiger partial charge in [0.15, 0.2) is 0 Å². The average molecular weight is 313 g/mol. The predicted molar refractivity (Wildman–Crippen MR) is 87.3 cm³/mol. The smallest absolute Gasteiger partial charge is 0.150 e. The van der Waals surface area contributed by atoms with Crippen molar-refractivity contribution >= 4 is 5.69 Å². The van der Waals surface area contributed by atoms with Crippen LogP contribution in [-0.2, 0) is 11.3 Å². The van der Waals surface area contributed by atoms with E-state index in [0.717, 1.165) is 38.1 Å². The van der Waals surface area contributed by atoms with E-state index in [9.17, 15) is 4.39 Å². The highest BCUT2D eigenvalue weighted by molar-refractivity contribution is 5.51. The van der Waals surface area contributed by atoms with Crippen LogP contribution in [0.3, 0.4) is 0 Å². The second-order valence-electron chi connectivity index (χ2n) is 6.35. The summed E-state index contributed by atoms with van der Waals surface area (Å²) in [5.74, 6) is 0.345. The normalized spacial score (nSPS) is 18.9. The van der Waals surface area contributed by atoms with E-state index in [1.54, 1.807) is 0 Å². The van der Waals surface area contributed by atoms with Crippen LogP contribution in [0.5, 0.6) is 5.75 Å². The summed E-state index contributed by atoms with van der Waals surface area (Å²) in [4.78, 5) is 2.10. The van der Waals surface area contributed by atoms with E-state index in [1.807, 2.05) is 42.5 Å². The number of nitrogens with zero attached hydrogens (tertiary/aromatic N) is 1. The van der Waals surface area contributed by atoms with Crippen molar-refractivity contribution in [1.29, 1.82) is 0 Å². The molecule has 0 saturated carbocycles. The van der Waals surface area contributed by atoms with Crippen molar-refractivity contribution < 1.29 is 13.9 Å². The van der Waals surface area contributed by atoms with E-state index in [-0.39, 0.29) is 11.4 Å². The fourth-order valence-corrected chi connectivity index (χ4v) is 3.12. The van der Waals surface area contributed by atoms with Gasteiger partial charge in [0.25, 0.3) is 0 Å². The molecule has 2 heterocycles. The number of rotatable bonds is 4. The van der Waals surface area contributed by atoms with Gasteiger partial charge in [-0.05, 0) is 30.5 Å². The molecule has 0 aliphatic carbocycles. The summed E-state index contributed by atoms with van der Waals surface area (Å²) in [5, 5.41) is 0. The summed E-state index contributed by atoms with van der Waals surface area (Å²) >= 11 is 0. The van der Waals surface area contributed by atoms with Gasteiger partial charge in [-0.3, -0.25) is 0 Å². The molecule has 2 fully saturated rings. The van der Waals surface area contributed by atoms with Crippen molar-refractivity contribution in [3.8, 4) is 5.75 Å². The molecule has 0 aromatic heterocycles. The van der Waals surface area contributed by atoms with Crippen LogP contribution in [0, 0.1) is 5.82 Å². The maximum atomic E-state index is 14.4. The summed E-state index contributed by atoms with van der Waals surface area (Å²) in [6, 6.07) is 15.0. The van der Waals surface area contributed by atoms with Gasteiger partial charge in [-0.2, -0.15) is 0 Å². The lowest BCUT2D eigenvalue weighted by Crippen LogP contribution is -2.38. The fourth-order valence-electron chi connectivity index (χ4n) is 3.12. The van der Waals surface area contributed by atoms with Gasteiger partial charge in [0.1, 0.15) is 18.2 Å². The number of benzene rings is 2. The molecule has 0 atom stereocenters. The lowest BCUT2D eigenvalue weighted by atomic mass is 9.97. The van der Waals surface area contributed by atoms with Crippen molar-refractivity contribution in [2.75, 3.05) is 24.6 Å². The Balaban J connectivity index is 1.40. The van der Waals surface area contributed by atoms with Crippen molar-refractivity contribution in [1.82, 2.24) is 0 Å². The van der Waals surface area contributed by atoms with Crippen LogP contribution in [0.25, 0.3) is 0 Å². The molecule has 1 spiro atoms. The van der Waals surface area contributed by atoms with Gasteiger partial charge in [0.2, 0.25) is 0 Å². The first-order valence-electron chi connectivity index (χ1n) is 8.09. The monoisotopic (exact) mass is 313 g/mol. The predicted octanol–water partition coefficient (Wildman–Crippen LogP) is 3.77. The Morgan fingerprint density at radius 3 is 2.48 bits per heavy atom. The highest BCUT2D eigenvalue weighted by atomic mass is 19.1. The zero-order chi connectivity index (χ0) is 15.7. The van der Waals surface area contributed by atoms with Crippen LogP contribution in [-0.4, -0.2) is 25.3 Å². The first-order chi connectivity index (χ1) is 11.2. The number of anilines is 1. The molecule has 2 aromatic carbocycles. The van der Waals surface area contributed by atoms with Crippen LogP contribution >= 0.6 is 0 Å². The molecule has 2 aliphatic heterocycles. The molecule has 4 rings (SSSR count). The molecule has 0 unspecified atom stereocenters. The van der Waals surface area contributed by atoms with Crippen molar-refractivity contribution in [3.63, 3.8) is 0 Å². The Morgan fingerprint density at radius 2 is 1.83 bits per heavy atom. The molecular formula is C19H20FNO2. The Labute approximate surface area is 135 Å². The van der Waals surface area contributed by atoms with Crippen LogP contribution in [0.2, 0.25) is 0 Å². The third-order valence-electron chi connectivity index (χ3n) is 4.74. The highest BCUT2D eigenvalue weighted by Crippen LogP contribution is 2.39. The van der Waals surface area contributed by atoms with Crippen LogP contribution in [0.4, 0.5) is 10.1 Å². The molecule has 0 N–H and O–H groups in total. The van der Waals surface area contributed by atoms with Gasteiger partial charge < -0.3 is 14.4 Å². The minimum atomic E-state index is -0.219. The first-order valence-corrected chi connectivity index (χ1v) is 8.09. The molecule has 0 bridgehead atoms. The largest absolute Gasteiger partial charge is 0.489 e. The lowest BCUT2D eigenvalue weighted by Gasteiger charge is -2.32. The van der Waals surface area contributed by atoms with Crippen molar-refractivity contribution in [3.05, 3.63) is 59.9 Å². The average Bonchev–Trinajstić information content (AvgIpc) is 3.34. The lowest BCUT2D eigenvalue weighted by molar-refractivity contribution is 0.258. The highest BCUT2D eigenvalue weighted by Gasteiger charge is 2.46. The van der Waals surface area contributed by atoms with Gasteiger partial charge in [0, 0.05) is 19.2 Å². The number of hydrogen-bond acceptors (Lipinski definition) is 3. The number of hydrogen-bond donors (Lipinski definition) is 0. The molecule has 0 radical (unpaired) electrons. The Kier molecular flexibility index (Phi) is 3.69. The van der Waals surface area contributed by atoms with Crippen molar-refractivity contribution in [2.45, 2.75) is 25.0 Å². The summed E-state index contributed by atoms with van der Waals surface area (Å²) in [6.45, 7) is 3.01. The first kappa shape index (κ1) is 14.5. The fraction of sp³-hybridized carbons (Fsp3) is 0.368. The molecule has 120 valence electrons. The second kappa shape index (κ2) is 5.85. The zero-order valence-electron chi connectivity index (χ0n) is 13.0. The number of piperidine rings is 1. The molecule has 0 amide bonds. The van der Waals surface area contributed by atoms with E-state index in [4.69, 9.17) is 9.47 Å². The van der Waals surface area contributed by atoms with E-state index < -0.39 is 0 Å². The molecule has 3 nitrogen and oxygen atoms in total. The van der Waals surface area contributed by atoms with Gasteiger partial charge in [-0.25, -0.2) is 4.39 Å². The molecule has 23 heavy (non-hydrogen) atoms. The third-order valence-corrected chi connectivity index (χ3v) is 4.74. The Hall–Kier alpha value is -2.07. The number of ether oxygens (including phenoxy) is 2.